The molecule has 0 radical (unpaired) electrons. The molecule has 4 heterocycles. The number of aryl methyl sites for hydroxylation is 3. The lowest BCUT2D eigenvalue weighted by Gasteiger charge is -2.23. The average Bonchev–Trinajstić information content (AvgIpc) is 3.12. The van der Waals surface area contributed by atoms with Gasteiger partial charge < -0.3 is 14.3 Å². The number of aromatic nitrogens is 4. The lowest BCUT2D eigenvalue weighted by molar-refractivity contribution is 0.422. The summed E-state index contributed by atoms with van der Waals surface area (Å²) in [5.41, 5.74) is 4.60. The van der Waals surface area contributed by atoms with E-state index >= 15 is 0 Å². The zero-order chi connectivity index (χ0) is 15.8. The first kappa shape index (κ1) is 14.5. The van der Waals surface area contributed by atoms with Gasteiger partial charge in [-0.25, -0.2) is 9.97 Å². The molecule has 1 aliphatic heterocycles. The van der Waals surface area contributed by atoms with E-state index in [0.717, 1.165) is 31.0 Å². The van der Waals surface area contributed by atoms with Crippen LogP contribution in [0, 0.1) is 13.8 Å². The fraction of sp³-hybridized carbons (Fsp3) is 0.444. The van der Waals surface area contributed by atoms with Crippen molar-refractivity contribution in [1.82, 2.24) is 24.3 Å². The maximum atomic E-state index is 4.72. The van der Waals surface area contributed by atoms with Crippen LogP contribution in [0.2, 0.25) is 0 Å². The Hall–Kier alpha value is -2.14. The Balaban J connectivity index is 1.45. The Morgan fingerprint density at radius 2 is 2.26 bits per heavy atom. The van der Waals surface area contributed by atoms with E-state index in [9.17, 15) is 0 Å². The lowest BCUT2D eigenvalue weighted by Crippen LogP contribution is -2.26. The van der Waals surface area contributed by atoms with E-state index in [2.05, 4.69) is 57.6 Å². The Kier molecular flexibility index (Phi) is 3.65. The van der Waals surface area contributed by atoms with Crippen molar-refractivity contribution >= 4 is 5.65 Å². The minimum absolute atomic E-state index is 0.512. The second-order valence-corrected chi connectivity index (χ2v) is 6.54. The van der Waals surface area contributed by atoms with Crippen LogP contribution >= 0.6 is 0 Å². The van der Waals surface area contributed by atoms with Crippen LogP contribution in [0.15, 0.2) is 30.7 Å². The number of pyridine rings is 1. The van der Waals surface area contributed by atoms with E-state index in [1.807, 2.05) is 6.20 Å². The molecule has 5 nitrogen and oxygen atoms in total. The third kappa shape index (κ3) is 2.65. The number of fused-ring (bicyclic) bond motifs is 2. The molecule has 0 saturated carbocycles. The molecule has 0 unspecified atom stereocenters. The van der Waals surface area contributed by atoms with E-state index in [1.165, 1.54) is 29.9 Å². The predicted molar refractivity (Wildman–Crippen MR) is 90.6 cm³/mol. The van der Waals surface area contributed by atoms with Gasteiger partial charge in [0.25, 0.3) is 0 Å². The van der Waals surface area contributed by atoms with Gasteiger partial charge in [-0.2, -0.15) is 0 Å². The maximum absolute atomic E-state index is 4.72. The van der Waals surface area contributed by atoms with Crippen LogP contribution in [0.4, 0.5) is 0 Å². The molecule has 0 saturated heterocycles. The van der Waals surface area contributed by atoms with Gasteiger partial charge >= 0.3 is 0 Å². The van der Waals surface area contributed by atoms with Gasteiger partial charge in [-0.05, 0) is 38.3 Å². The summed E-state index contributed by atoms with van der Waals surface area (Å²) in [7, 11) is 0. The highest BCUT2D eigenvalue weighted by Gasteiger charge is 2.22. The highest BCUT2D eigenvalue weighted by atomic mass is 15.1. The molecule has 0 aromatic carbocycles. The molecule has 0 aliphatic carbocycles. The maximum Gasteiger partial charge on any atom is 0.139 e. The second-order valence-electron chi connectivity index (χ2n) is 6.54. The number of hydrogen-bond donors (Lipinski definition) is 1. The first-order valence-corrected chi connectivity index (χ1v) is 8.38. The van der Waals surface area contributed by atoms with Gasteiger partial charge in [0.05, 0.1) is 17.6 Å². The topological polar surface area (TPSA) is 47.2 Å². The molecule has 0 bridgehead atoms. The third-order valence-electron chi connectivity index (χ3n) is 4.75. The number of imidazole rings is 2. The SMILES string of the molecule is Cc1cn2c(n1)[C@H](CNCc1cnc3c(C)cccn13)CCC2. The smallest absolute Gasteiger partial charge is 0.139 e. The Morgan fingerprint density at radius 1 is 1.35 bits per heavy atom. The average molecular weight is 309 g/mol. The highest BCUT2D eigenvalue weighted by molar-refractivity contribution is 5.48. The molecule has 0 fully saturated rings. The van der Waals surface area contributed by atoms with Gasteiger partial charge in [-0.1, -0.05) is 6.07 Å². The monoisotopic (exact) mass is 309 g/mol. The van der Waals surface area contributed by atoms with Gasteiger partial charge in [0.1, 0.15) is 11.5 Å². The van der Waals surface area contributed by atoms with Crippen molar-refractivity contribution in [2.45, 2.75) is 45.7 Å². The Labute approximate surface area is 136 Å². The van der Waals surface area contributed by atoms with Crippen LogP contribution in [0.3, 0.4) is 0 Å². The first-order valence-electron chi connectivity index (χ1n) is 8.38. The molecular weight excluding hydrogens is 286 g/mol. The minimum atomic E-state index is 0.512. The molecule has 3 aromatic heterocycles. The standard InChI is InChI=1S/C18H23N5/c1-13-5-3-8-23-16(11-20-17(13)23)10-19-9-15-6-4-7-22-12-14(2)21-18(15)22/h3,5,8,11-12,15,19H,4,6-7,9-10H2,1-2H3/t15-/m0/s1. The van der Waals surface area contributed by atoms with E-state index in [-0.39, 0.29) is 0 Å². The zero-order valence-corrected chi connectivity index (χ0v) is 13.8. The summed E-state index contributed by atoms with van der Waals surface area (Å²) in [6.07, 6.45) is 8.69. The van der Waals surface area contributed by atoms with Crippen molar-refractivity contribution in [3.63, 3.8) is 0 Å². The molecule has 3 aromatic rings. The highest BCUT2D eigenvalue weighted by Crippen LogP contribution is 2.26. The van der Waals surface area contributed by atoms with Gasteiger partial charge in [0, 0.05) is 37.9 Å². The number of rotatable bonds is 4. The summed E-state index contributed by atoms with van der Waals surface area (Å²) in [5.74, 6) is 1.76. The van der Waals surface area contributed by atoms with Gasteiger partial charge in [-0.3, -0.25) is 0 Å². The van der Waals surface area contributed by atoms with Crippen molar-refractivity contribution in [2.24, 2.45) is 0 Å². The van der Waals surface area contributed by atoms with E-state index in [4.69, 9.17) is 4.98 Å². The van der Waals surface area contributed by atoms with Crippen LogP contribution in [0.5, 0.6) is 0 Å². The van der Waals surface area contributed by atoms with Crippen LogP contribution in [-0.4, -0.2) is 25.5 Å². The van der Waals surface area contributed by atoms with Gasteiger partial charge in [0.2, 0.25) is 0 Å². The summed E-state index contributed by atoms with van der Waals surface area (Å²) in [6, 6.07) is 4.18. The molecular formula is C18H23N5. The van der Waals surface area contributed by atoms with Crippen LogP contribution in [-0.2, 0) is 13.1 Å². The molecule has 1 aliphatic rings. The second kappa shape index (κ2) is 5.81. The van der Waals surface area contributed by atoms with Crippen molar-refractivity contribution < 1.29 is 0 Å². The first-order chi connectivity index (χ1) is 11.2. The van der Waals surface area contributed by atoms with Crippen molar-refractivity contribution in [3.05, 3.63) is 53.5 Å². The molecule has 4 rings (SSSR count). The summed E-state index contributed by atoms with van der Waals surface area (Å²) in [5, 5.41) is 3.61. The van der Waals surface area contributed by atoms with E-state index < -0.39 is 0 Å². The molecule has 1 atom stereocenters. The minimum Gasteiger partial charge on any atom is -0.334 e. The van der Waals surface area contributed by atoms with Crippen LogP contribution < -0.4 is 5.32 Å². The summed E-state index contributed by atoms with van der Waals surface area (Å²) in [6.45, 7) is 7.09. The number of hydrogen-bond acceptors (Lipinski definition) is 3. The summed E-state index contributed by atoms with van der Waals surface area (Å²) in [4.78, 5) is 9.24. The van der Waals surface area contributed by atoms with E-state index in [0.29, 0.717) is 5.92 Å². The molecule has 23 heavy (non-hydrogen) atoms. The van der Waals surface area contributed by atoms with Crippen molar-refractivity contribution in [3.8, 4) is 0 Å². The lowest BCUT2D eigenvalue weighted by atomic mass is 9.99. The fourth-order valence-corrected chi connectivity index (χ4v) is 3.61. The quantitative estimate of drug-likeness (QED) is 0.806. The zero-order valence-electron chi connectivity index (χ0n) is 13.8. The van der Waals surface area contributed by atoms with Gasteiger partial charge in [0.15, 0.2) is 0 Å². The number of nitrogens with zero attached hydrogens (tertiary/aromatic N) is 4. The van der Waals surface area contributed by atoms with Crippen LogP contribution in [0.1, 0.15) is 41.5 Å². The number of nitrogens with one attached hydrogen (secondary N) is 1. The third-order valence-corrected chi connectivity index (χ3v) is 4.75. The molecule has 5 heteroatoms. The normalized spacial score (nSPS) is 17.6. The van der Waals surface area contributed by atoms with E-state index in [1.54, 1.807) is 0 Å². The molecule has 120 valence electrons. The van der Waals surface area contributed by atoms with Crippen molar-refractivity contribution in [1.29, 1.82) is 0 Å². The summed E-state index contributed by atoms with van der Waals surface area (Å²) >= 11 is 0. The van der Waals surface area contributed by atoms with Crippen molar-refractivity contribution in [2.75, 3.05) is 6.54 Å². The van der Waals surface area contributed by atoms with Crippen LogP contribution in [0.25, 0.3) is 5.65 Å². The Morgan fingerprint density at radius 3 is 3.17 bits per heavy atom. The van der Waals surface area contributed by atoms with Gasteiger partial charge in [-0.15, -0.1) is 0 Å². The largest absolute Gasteiger partial charge is 0.334 e. The Bertz CT molecular complexity index is 829. The molecule has 0 spiro atoms. The molecule has 1 N–H and O–H groups in total. The molecule has 0 amide bonds. The fourth-order valence-electron chi connectivity index (χ4n) is 3.61. The summed E-state index contributed by atoms with van der Waals surface area (Å²) < 4.78 is 4.50. The predicted octanol–water partition coefficient (Wildman–Crippen LogP) is 2.81.